The lowest BCUT2D eigenvalue weighted by Crippen LogP contribution is -1.79. The third-order valence-corrected chi connectivity index (χ3v) is 10.8. The topological polar surface area (TPSA) is 25.8 Å². The maximum Gasteiger partial charge on any atom is 0.161 e. The van der Waals surface area contributed by atoms with Crippen LogP contribution in [-0.4, -0.2) is 21.5 Å². The van der Waals surface area contributed by atoms with Gasteiger partial charge in [-0.25, -0.2) is 9.97 Å². The summed E-state index contributed by atoms with van der Waals surface area (Å²) in [6, 6.07) is 16.7. The van der Waals surface area contributed by atoms with Crippen LogP contribution in [0.5, 0.6) is 0 Å². The largest absolute Gasteiger partial charge is 0.229 e. The smallest absolute Gasteiger partial charge is 0.161 e. The van der Waals surface area contributed by atoms with E-state index >= 15 is 0 Å². The zero-order valence-electron chi connectivity index (χ0n) is 13.1. The van der Waals surface area contributed by atoms with Gasteiger partial charge < -0.3 is 0 Å². The number of hydrogen-bond donors (Lipinski definition) is 0. The molecule has 0 spiro atoms. The van der Waals surface area contributed by atoms with Crippen LogP contribution < -0.4 is 0 Å². The van der Waals surface area contributed by atoms with Crippen molar-refractivity contribution in [1.82, 2.24) is 9.97 Å². The average molecular weight is 439 g/mol. The van der Waals surface area contributed by atoms with Crippen molar-refractivity contribution in [1.29, 1.82) is 0 Å². The molecule has 25 heavy (non-hydrogen) atoms. The molecule has 2 aromatic heterocycles. The van der Waals surface area contributed by atoms with Crippen molar-refractivity contribution in [2.75, 3.05) is 11.5 Å². The summed E-state index contributed by atoms with van der Waals surface area (Å²) in [5.41, 5.74) is 2.22. The van der Waals surface area contributed by atoms with Gasteiger partial charge in [-0.05, 0) is 52.3 Å². The first-order chi connectivity index (χ1) is 12.4. The second-order valence-electron chi connectivity index (χ2n) is 5.06. The van der Waals surface area contributed by atoms with Gasteiger partial charge in [-0.1, -0.05) is 45.9 Å². The summed E-state index contributed by atoms with van der Waals surface area (Å²) in [4.78, 5) is 9.30. The lowest BCUT2D eigenvalue weighted by molar-refractivity contribution is 1.13. The number of aromatic nitrogens is 2. The van der Waals surface area contributed by atoms with E-state index in [9.17, 15) is 0 Å². The lowest BCUT2D eigenvalue weighted by Gasteiger charge is -1.98. The summed E-state index contributed by atoms with van der Waals surface area (Å²) in [5, 5.41) is 0. The van der Waals surface area contributed by atoms with Crippen LogP contribution in [0.1, 0.15) is 6.42 Å². The number of fused-ring (bicyclic) bond motifs is 2. The zero-order valence-corrected chi connectivity index (χ0v) is 18.0. The average Bonchev–Trinajstić information content (AvgIpc) is 3.23. The van der Waals surface area contributed by atoms with Crippen molar-refractivity contribution < 1.29 is 0 Å². The quantitative estimate of drug-likeness (QED) is 0.209. The molecule has 4 rings (SSSR count). The van der Waals surface area contributed by atoms with Crippen LogP contribution in [0.2, 0.25) is 0 Å². The third-order valence-electron chi connectivity index (χ3n) is 3.26. The van der Waals surface area contributed by atoms with Crippen LogP contribution in [-0.2, 0) is 0 Å². The Labute approximate surface area is 170 Å². The molecule has 0 saturated heterocycles. The number of para-hydroxylation sites is 2. The number of thiazole rings is 2. The number of benzene rings is 2. The SMILES string of the molecule is c1ccc2sc(SSCCCSSc3nc4ccccc4s3)nc2c1. The fraction of sp³-hybridized carbons (Fsp3) is 0.176. The molecule has 2 heterocycles. The monoisotopic (exact) mass is 438 g/mol. The summed E-state index contributed by atoms with van der Waals surface area (Å²) in [6.07, 6.45) is 1.20. The summed E-state index contributed by atoms with van der Waals surface area (Å²) in [7, 11) is 7.40. The Kier molecular flexibility index (Phi) is 6.49. The van der Waals surface area contributed by atoms with Crippen LogP contribution in [0.4, 0.5) is 0 Å². The Hall–Kier alpha value is -0.380. The molecule has 0 radical (unpaired) electrons. The van der Waals surface area contributed by atoms with Crippen molar-refractivity contribution in [2.24, 2.45) is 0 Å². The molecule has 128 valence electrons. The molecule has 0 unspecified atom stereocenters. The van der Waals surface area contributed by atoms with E-state index in [-0.39, 0.29) is 0 Å². The highest BCUT2D eigenvalue weighted by molar-refractivity contribution is 8.77. The van der Waals surface area contributed by atoms with Crippen molar-refractivity contribution in [3.8, 4) is 0 Å². The van der Waals surface area contributed by atoms with Crippen LogP contribution in [0, 0.1) is 0 Å². The number of rotatable bonds is 8. The minimum Gasteiger partial charge on any atom is -0.229 e. The molecular weight excluding hydrogens is 425 g/mol. The molecule has 8 heteroatoms. The summed E-state index contributed by atoms with van der Waals surface area (Å²) in [5.74, 6) is 2.29. The normalized spacial score (nSPS) is 11.5. The predicted molar refractivity (Wildman–Crippen MR) is 120 cm³/mol. The van der Waals surface area contributed by atoms with Crippen molar-refractivity contribution in [2.45, 2.75) is 15.1 Å². The van der Waals surface area contributed by atoms with Crippen LogP contribution in [0.3, 0.4) is 0 Å². The molecule has 0 saturated carbocycles. The standard InChI is InChI=1S/C17H14N2S6/c1-3-8-14-12(6-1)18-16(22-14)24-20-10-5-11-21-25-17-19-13-7-2-4-9-15(13)23-17/h1-4,6-9H,5,10-11H2. The molecule has 0 aliphatic carbocycles. The van der Waals surface area contributed by atoms with Gasteiger partial charge in [0.2, 0.25) is 0 Å². The minimum absolute atomic E-state index is 1.11. The molecule has 4 aromatic rings. The Balaban J connectivity index is 1.15. The fourth-order valence-corrected chi connectivity index (χ4v) is 9.20. The van der Waals surface area contributed by atoms with Gasteiger partial charge in [-0.3, -0.25) is 0 Å². The molecule has 0 fully saturated rings. The fourth-order valence-electron chi connectivity index (χ4n) is 2.13. The second-order valence-corrected chi connectivity index (χ2v) is 12.4. The highest BCUT2D eigenvalue weighted by atomic mass is 33.1. The molecule has 0 amide bonds. The first-order valence-electron chi connectivity index (χ1n) is 7.68. The van der Waals surface area contributed by atoms with Crippen molar-refractivity contribution in [3.63, 3.8) is 0 Å². The molecule has 0 bridgehead atoms. The van der Waals surface area contributed by atoms with Crippen molar-refractivity contribution >= 4 is 86.3 Å². The minimum atomic E-state index is 1.11. The van der Waals surface area contributed by atoms with E-state index in [4.69, 9.17) is 0 Å². The Morgan fingerprint density at radius 1 is 0.680 bits per heavy atom. The second kappa shape index (κ2) is 9.01. The Morgan fingerprint density at radius 2 is 1.16 bits per heavy atom. The number of hydrogen-bond acceptors (Lipinski definition) is 8. The van der Waals surface area contributed by atoms with Gasteiger partial charge in [0.05, 0.1) is 20.4 Å². The molecular formula is C17H14N2S6. The van der Waals surface area contributed by atoms with Gasteiger partial charge in [0, 0.05) is 11.5 Å². The molecule has 0 aliphatic rings. The maximum atomic E-state index is 4.65. The van der Waals surface area contributed by atoms with Crippen LogP contribution in [0.25, 0.3) is 20.4 Å². The summed E-state index contributed by atoms with van der Waals surface area (Å²) in [6.45, 7) is 0. The van der Waals surface area contributed by atoms with Gasteiger partial charge in [0.1, 0.15) is 0 Å². The molecule has 2 nitrogen and oxygen atoms in total. The lowest BCUT2D eigenvalue weighted by atomic mass is 10.3. The van der Waals surface area contributed by atoms with E-state index in [1.165, 1.54) is 15.8 Å². The van der Waals surface area contributed by atoms with Crippen LogP contribution >= 0.6 is 65.8 Å². The van der Waals surface area contributed by atoms with E-state index in [0.29, 0.717) is 0 Å². The molecule has 0 atom stereocenters. The van der Waals surface area contributed by atoms with E-state index in [2.05, 4.69) is 46.4 Å². The Morgan fingerprint density at radius 3 is 1.64 bits per heavy atom. The first kappa shape index (κ1) is 18.0. The highest BCUT2D eigenvalue weighted by Crippen LogP contribution is 2.39. The zero-order chi connectivity index (χ0) is 16.9. The highest BCUT2D eigenvalue weighted by Gasteiger charge is 2.05. The van der Waals surface area contributed by atoms with Gasteiger partial charge in [-0.15, -0.1) is 22.7 Å². The van der Waals surface area contributed by atoms with Crippen LogP contribution in [0.15, 0.2) is 57.2 Å². The summed E-state index contributed by atoms with van der Waals surface area (Å²) >= 11 is 3.56. The van der Waals surface area contributed by atoms with Gasteiger partial charge in [-0.2, -0.15) is 0 Å². The van der Waals surface area contributed by atoms with Gasteiger partial charge in [0.25, 0.3) is 0 Å². The summed E-state index contributed by atoms with van der Waals surface area (Å²) < 4.78 is 4.85. The molecule has 0 N–H and O–H groups in total. The maximum absolute atomic E-state index is 4.65. The predicted octanol–water partition coefficient (Wildman–Crippen LogP) is 7.48. The molecule has 2 aromatic carbocycles. The number of nitrogens with zero attached hydrogens (tertiary/aromatic N) is 2. The van der Waals surface area contributed by atoms with E-state index in [1.54, 1.807) is 44.3 Å². The van der Waals surface area contributed by atoms with E-state index in [1.807, 2.05) is 33.7 Å². The van der Waals surface area contributed by atoms with E-state index in [0.717, 1.165) is 31.2 Å². The van der Waals surface area contributed by atoms with E-state index < -0.39 is 0 Å². The Bertz CT molecular complexity index is 820. The van der Waals surface area contributed by atoms with Gasteiger partial charge in [0.15, 0.2) is 8.68 Å². The van der Waals surface area contributed by atoms with Crippen molar-refractivity contribution in [3.05, 3.63) is 48.5 Å². The first-order valence-corrected chi connectivity index (χ1v) is 14.0. The molecule has 0 aliphatic heterocycles. The van der Waals surface area contributed by atoms with Gasteiger partial charge >= 0.3 is 0 Å². The third kappa shape index (κ3) is 4.87.